The molecule has 0 atom stereocenters. The fourth-order valence-corrected chi connectivity index (χ4v) is 2.68. The summed E-state index contributed by atoms with van der Waals surface area (Å²) in [6.45, 7) is 5.47. The third kappa shape index (κ3) is 5.22. The lowest BCUT2D eigenvalue weighted by molar-refractivity contribution is 0.315. The molecule has 0 radical (unpaired) electrons. The number of allylic oxidation sites excluding steroid dienone is 2. The van der Waals surface area contributed by atoms with Gasteiger partial charge in [0.15, 0.2) is 11.5 Å². The summed E-state index contributed by atoms with van der Waals surface area (Å²) in [5.41, 5.74) is 1.14. The molecule has 0 saturated carbocycles. The summed E-state index contributed by atoms with van der Waals surface area (Å²) < 4.78 is 10.3. The maximum Gasteiger partial charge on any atom is 0.207 e. The summed E-state index contributed by atoms with van der Waals surface area (Å²) >= 11 is 0. The molecule has 0 heterocycles. The van der Waals surface area contributed by atoms with Crippen molar-refractivity contribution < 1.29 is 19.7 Å². The Balaban J connectivity index is 2.64. The molecule has 0 aliphatic heterocycles. The third-order valence-electron chi connectivity index (χ3n) is 4.12. The monoisotopic (exact) mass is 334 g/mol. The fourth-order valence-electron chi connectivity index (χ4n) is 2.68. The number of aromatic hydroxyl groups is 2. The first kappa shape index (κ1) is 19.9. The molecule has 4 heteroatoms. The quantitative estimate of drug-likeness (QED) is 0.325. The van der Waals surface area contributed by atoms with Gasteiger partial charge in [-0.3, -0.25) is 0 Å². The highest BCUT2D eigenvalue weighted by molar-refractivity contribution is 5.74. The van der Waals surface area contributed by atoms with E-state index in [0.29, 0.717) is 11.1 Å². The molecule has 0 aliphatic rings. The zero-order valence-corrected chi connectivity index (χ0v) is 15.1. The number of rotatable bonds is 11. The van der Waals surface area contributed by atoms with E-state index in [1.54, 1.807) is 6.92 Å². The molecular formula is C20H30O4. The number of benzene rings is 1. The first-order valence-corrected chi connectivity index (χ1v) is 8.52. The lowest BCUT2D eigenvalue weighted by Crippen LogP contribution is -1.96. The van der Waals surface area contributed by atoms with Crippen LogP contribution in [0.25, 0.3) is 6.08 Å². The van der Waals surface area contributed by atoms with E-state index in [-0.39, 0.29) is 23.0 Å². The van der Waals surface area contributed by atoms with Crippen molar-refractivity contribution in [2.45, 2.75) is 51.9 Å². The highest BCUT2D eigenvalue weighted by atomic mass is 16.5. The van der Waals surface area contributed by atoms with Crippen LogP contribution in [0.3, 0.4) is 0 Å². The molecule has 2 N–H and O–H groups in total. The molecule has 0 spiro atoms. The van der Waals surface area contributed by atoms with Crippen LogP contribution >= 0.6 is 0 Å². The second kappa shape index (κ2) is 10.6. The summed E-state index contributed by atoms with van der Waals surface area (Å²) in [5.74, 6) is 0.297. The summed E-state index contributed by atoms with van der Waals surface area (Å²) in [6.07, 6.45) is 13.9. The van der Waals surface area contributed by atoms with E-state index < -0.39 is 0 Å². The molecule has 0 amide bonds. The van der Waals surface area contributed by atoms with Gasteiger partial charge in [0.1, 0.15) is 0 Å². The van der Waals surface area contributed by atoms with Gasteiger partial charge in [0, 0.05) is 11.1 Å². The first-order chi connectivity index (χ1) is 11.6. The summed E-state index contributed by atoms with van der Waals surface area (Å²) in [7, 11) is 2.87. The van der Waals surface area contributed by atoms with Crippen molar-refractivity contribution in [1.82, 2.24) is 0 Å². The average molecular weight is 334 g/mol. The van der Waals surface area contributed by atoms with Crippen LogP contribution in [-0.4, -0.2) is 24.4 Å². The Morgan fingerprint density at radius 1 is 0.875 bits per heavy atom. The minimum atomic E-state index is -0.00896. The van der Waals surface area contributed by atoms with E-state index in [1.807, 2.05) is 18.2 Å². The predicted octanol–water partition coefficient (Wildman–Crippen LogP) is 5.35. The lowest BCUT2D eigenvalue weighted by atomic mass is 10.0. The second-order valence-electron chi connectivity index (χ2n) is 5.84. The maximum absolute atomic E-state index is 10.4. The van der Waals surface area contributed by atoms with E-state index in [4.69, 9.17) is 9.47 Å². The zero-order chi connectivity index (χ0) is 17.9. The van der Waals surface area contributed by atoms with Gasteiger partial charge in [0.05, 0.1) is 14.2 Å². The lowest BCUT2D eigenvalue weighted by Gasteiger charge is -2.16. The second-order valence-corrected chi connectivity index (χ2v) is 5.84. The molecule has 0 aromatic heterocycles. The normalized spacial score (nSPS) is 11.0. The SMILES string of the molecule is C=CCCCCCCCC=Cc1c(C)c(O)c(OC)c(OC)c1O. The summed E-state index contributed by atoms with van der Waals surface area (Å²) in [4.78, 5) is 0. The highest BCUT2D eigenvalue weighted by Gasteiger charge is 2.21. The van der Waals surface area contributed by atoms with E-state index in [0.717, 1.165) is 19.3 Å². The number of phenols is 2. The Morgan fingerprint density at radius 2 is 1.42 bits per heavy atom. The third-order valence-corrected chi connectivity index (χ3v) is 4.12. The van der Waals surface area contributed by atoms with Crippen LogP contribution in [0, 0.1) is 6.92 Å². The summed E-state index contributed by atoms with van der Waals surface area (Å²) in [6, 6.07) is 0. The van der Waals surface area contributed by atoms with Gasteiger partial charge in [-0.15, -0.1) is 6.58 Å². The van der Waals surface area contributed by atoms with Gasteiger partial charge in [0.2, 0.25) is 11.5 Å². The number of hydrogen-bond acceptors (Lipinski definition) is 4. The molecule has 0 bridgehead atoms. The number of hydrogen-bond donors (Lipinski definition) is 2. The Morgan fingerprint density at radius 3 is 2.00 bits per heavy atom. The van der Waals surface area contributed by atoms with Crippen molar-refractivity contribution in [3.05, 3.63) is 29.9 Å². The van der Waals surface area contributed by atoms with Crippen LogP contribution in [0.15, 0.2) is 18.7 Å². The van der Waals surface area contributed by atoms with Crippen molar-refractivity contribution in [3.8, 4) is 23.0 Å². The van der Waals surface area contributed by atoms with Crippen LogP contribution in [0.1, 0.15) is 56.1 Å². The Bertz CT molecular complexity index is 561. The van der Waals surface area contributed by atoms with Crippen LogP contribution in [0.5, 0.6) is 23.0 Å². The predicted molar refractivity (Wildman–Crippen MR) is 99.2 cm³/mol. The molecule has 1 aromatic rings. The number of ether oxygens (including phenoxy) is 2. The average Bonchev–Trinajstić information content (AvgIpc) is 2.58. The van der Waals surface area contributed by atoms with Crippen LogP contribution in [0.4, 0.5) is 0 Å². The molecule has 0 aliphatic carbocycles. The van der Waals surface area contributed by atoms with E-state index >= 15 is 0 Å². The number of unbranched alkanes of at least 4 members (excludes halogenated alkanes) is 6. The smallest absolute Gasteiger partial charge is 0.207 e. The van der Waals surface area contributed by atoms with E-state index in [9.17, 15) is 10.2 Å². The fraction of sp³-hybridized carbons (Fsp3) is 0.500. The number of phenolic OH excluding ortho intramolecular Hbond substituents is 2. The highest BCUT2D eigenvalue weighted by Crippen LogP contribution is 2.48. The van der Waals surface area contributed by atoms with E-state index in [1.165, 1.54) is 39.9 Å². The van der Waals surface area contributed by atoms with Crippen LogP contribution < -0.4 is 9.47 Å². The number of methoxy groups -OCH3 is 2. The van der Waals surface area contributed by atoms with Crippen molar-refractivity contribution in [1.29, 1.82) is 0 Å². The minimum absolute atomic E-state index is 0.00554. The molecular weight excluding hydrogens is 304 g/mol. The first-order valence-electron chi connectivity index (χ1n) is 8.52. The van der Waals surface area contributed by atoms with Gasteiger partial charge >= 0.3 is 0 Å². The molecule has 0 saturated heterocycles. The topological polar surface area (TPSA) is 58.9 Å². The summed E-state index contributed by atoms with van der Waals surface area (Å²) in [5, 5.41) is 20.6. The largest absolute Gasteiger partial charge is 0.504 e. The zero-order valence-electron chi connectivity index (χ0n) is 15.1. The molecule has 1 rings (SSSR count). The van der Waals surface area contributed by atoms with Crippen molar-refractivity contribution in [2.75, 3.05) is 14.2 Å². The minimum Gasteiger partial charge on any atom is -0.504 e. The molecule has 0 fully saturated rings. The van der Waals surface area contributed by atoms with Gasteiger partial charge in [0.25, 0.3) is 0 Å². The van der Waals surface area contributed by atoms with Gasteiger partial charge in [-0.25, -0.2) is 0 Å². The van der Waals surface area contributed by atoms with Crippen LogP contribution in [-0.2, 0) is 0 Å². The van der Waals surface area contributed by atoms with Crippen molar-refractivity contribution in [2.24, 2.45) is 0 Å². The molecule has 24 heavy (non-hydrogen) atoms. The maximum atomic E-state index is 10.4. The van der Waals surface area contributed by atoms with E-state index in [2.05, 4.69) is 6.58 Å². The van der Waals surface area contributed by atoms with Crippen molar-refractivity contribution in [3.63, 3.8) is 0 Å². The molecule has 134 valence electrons. The molecule has 0 unspecified atom stereocenters. The van der Waals surface area contributed by atoms with Crippen molar-refractivity contribution >= 4 is 6.08 Å². The van der Waals surface area contributed by atoms with Gasteiger partial charge in [-0.05, 0) is 32.6 Å². The van der Waals surface area contributed by atoms with Gasteiger partial charge < -0.3 is 19.7 Å². The Hall–Kier alpha value is -2.10. The van der Waals surface area contributed by atoms with Gasteiger partial charge in [-0.1, -0.05) is 37.5 Å². The standard InChI is InChI=1S/C20H30O4/c1-5-6-7-8-9-10-11-12-13-14-16-15(2)17(21)19(23-3)20(24-4)18(16)22/h5,13-14,21-22H,1,6-12H2,2-4H3. The van der Waals surface area contributed by atoms with Gasteiger partial charge in [-0.2, -0.15) is 0 Å². The molecule has 4 nitrogen and oxygen atoms in total. The van der Waals surface area contributed by atoms with Crippen LogP contribution in [0.2, 0.25) is 0 Å². The Kier molecular flexibility index (Phi) is 8.84. The molecule has 1 aromatic carbocycles. The Labute approximate surface area is 145 Å².